The Labute approximate surface area is 435 Å². The summed E-state index contributed by atoms with van der Waals surface area (Å²) in [7, 11) is 2.33. The molecule has 0 aromatic heterocycles. The molecule has 9 aromatic carbocycles. The van der Waals surface area contributed by atoms with Gasteiger partial charge in [0.25, 0.3) is 0 Å². The molecule has 1 saturated heterocycles. The van der Waals surface area contributed by atoms with Gasteiger partial charge in [0.15, 0.2) is 0 Å². The number of ether oxygens (including phenoxy) is 2. The Morgan fingerprint density at radius 3 is 1.12 bits per heavy atom. The van der Waals surface area contributed by atoms with Crippen molar-refractivity contribution in [2.75, 3.05) is 14.2 Å². The second-order valence-electron chi connectivity index (χ2n) is 21.3. The number of hydrogen-bond acceptors (Lipinski definition) is 3. The maximum atomic E-state index is 15.0. The van der Waals surface area contributed by atoms with Crippen LogP contribution in [0, 0.1) is 0 Å². The molecular weight excluding hydrogens is 908 g/mol. The molecule has 0 bridgehead atoms. The summed E-state index contributed by atoms with van der Waals surface area (Å²) in [5.74, 6) is 2.84. The topological polar surface area (TPSA) is 35.5 Å². The van der Waals surface area contributed by atoms with Crippen molar-refractivity contribution in [2.45, 2.75) is 103 Å². The van der Waals surface area contributed by atoms with Crippen LogP contribution in [0.2, 0.25) is 0 Å². The zero-order valence-corrected chi connectivity index (χ0v) is 45.2. The Morgan fingerprint density at radius 1 is 0.411 bits per heavy atom. The maximum absolute atomic E-state index is 15.0. The molecule has 10 rings (SSSR count). The minimum Gasteiger partial charge on any atom is -0.496 e. The van der Waals surface area contributed by atoms with Crippen LogP contribution in [-0.4, -0.2) is 20.0 Å². The first kappa shape index (κ1) is 49.8. The van der Waals surface area contributed by atoms with E-state index in [2.05, 4.69) is 231 Å². The summed E-state index contributed by atoms with van der Waals surface area (Å²) in [6.07, 6.45) is 0.965. The number of para-hydroxylation sites is 2. The third-order valence-electron chi connectivity index (χ3n) is 15.4. The molecule has 368 valence electrons. The van der Waals surface area contributed by atoms with E-state index in [0.29, 0.717) is 18.6 Å². The van der Waals surface area contributed by atoms with Gasteiger partial charge in [0, 0.05) is 35.3 Å². The van der Waals surface area contributed by atoms with Crippen LogP contribution in [0.1, 0.15) is 137 Å². The van der Waals surface area contributed by atoms with Crippen molar-refractivity contribution in [2.24, 2.45) is 0 Å². The van der Waals surface area contributed by atoms with Gasteiger partial charge in [-0.2, -0.15) is 0 Å². The van der Waals surface area contributed by atoms with Gasteiger partial charge >= 0.3 is 0 Å². The Balaban J connectivity index is 1.39. The van der Waals surface area contributed by atoms with E-state index in [0.717, 1.165) is 22.6 Å². The summed E-state index contributed by atoms with van der Waals surface area (Å²) in [6.45, 7) is 18.8. The number of carbonyl (C=O) groups is 1. The number of Topliss-reactive ketones (excluding diaryl/α,β-unsaturated/α-hetero) is 1. The fourth-order valence-electron chi connectivity index (χ4n) is 12.0. The number of benzene rings is 9. The molecule has 1 heterocycles. The maximum Gasteiger partial charge on any atom is 0.134 e. The Hall–Kier alpha value is -6.80. The molecule has 1 aliphatic rings. The lowest BCUT2D eigenvalue weighted by Crippen LogP contribution is -2.27. The van der Waals surface area contributed by atoms with Crippen molar-refractivity contribution >= 4 is 40.6 Å². The van der Waals surface area contributed by atoms with E-state index in [1.165, 1.54) is 93.6 Å². The highest BCUT2D eigenvalue weighted by atomic mass is 31.1. The van der Waals surface area contributed by atoms with Gasteiger partial charge in [-0.25, -0.2) is 0 Å². The number of rotatable bonds is 13. The second-order valence-corrected chi connectivity index (χ2v) is 23.8. The summed E-state index contributed by atoms with van der Waals surface area (Å²) in [4.78, 5) is 15.0. The lowest BCUT2D eigenvalue weighted by molar-refractivity contribution is -0.119. The van der Waals surface area contributed by atoms with Crippen molar-refractivity contribution in [3.63, 3.8) is 0 Å². The van der Waals surface area contributed by atoms with Gasteiger partial charge in [0.1, 0.15) is 17.3 Å². The van der Waals surface area contributed by atoms with Gasteiger partial charge in [0.05, 0.1) is 14.2 Å². The molecule has 0 radical (unpaired) electrons. The predicted octanol–water partition coefficient (Wildman–Crippen LogP) is 19.1. The van der Waals surface area contributed by atoms with Gasteiger partial charge < -0.3 is 9.47 Å². The summed E-state index contributed by atoms with van der Waals surface area (Å²) < 4.78 is 12.1. The molecule has 0 saturated carbocycles. The molecule has 4 heteroatoms. The number of carbonyl (C=O) groups excluding carboxylic acids is 1. The molecule has 1 aliphatic heterocycles. The van der Waals surface area contributed by atoms with Crippen LogP contribution >= 0.6 is 7.92 Å². The van der Waals surface area contributed by atoms with Gasteiger partial charge in [-0.05, 0) is 129 Å². The molecule has 9 aromatic rings. The average Bonchev–Trinajstić information content (AvgIpc) is 3.41. The van der Waals surface area contributed by atoms with E-state index in [9.17, 15) is 0 Å². The Morgan fingerprint density at radius 2 is 0.740 bits per heavy atom. The van der Waals surface area contributed by atoms with Gasteiger partial charge in [-0.3, -0.25) is 4.79 Å². The first-order chi connectivity index (χ1) is 35.4. The molecule has 0 N–H and O–H groups in total. The highest BCUT2D eigenvalue weighted by molar-refractivity contribution is 7.67. The molecule has 3 nitrogen and oxygen atoms in total. The van der Waals surface area contributed by atoms with Crippen LogP contribution in [0.3, 0.4) is 0 Å². The van der Waals surface area contributed by atoms with Crippen LogP contribution in [0.15, 0.2) is 176 Å². The fraction of sp³-hybridized carbons (Fsp3) is 0.261. The third-order valence-corrected chi connectivity index (χ3v) is 18.7. The van der Waals surface area contributed by atoms with Crippen LogP contribution in [0.5, 0.6) is 11.5 Å². The van der Waals surface area contributed by atoms with Crippen molar-refractivity contribution in [1.82, 2.24) is 0 Å². The summed E-state index contributed by atoms with van der Waals surface area (Å²) >= 11 is 0. The number of fused-ring (bicyclic) bond motifs is 2. The molecule has 2 atom stereocenters. The highest BCUT2D eigenvalue weighted by Gasteiger charge is 2.43. The molecule has 73 heavy (non-hydrogen) atoms. The Kier molecular flexibility index (Phi) is 14.3. The first-order valence-electron chi connectivity index (χ1n) is 26.4. The molecule has 0 aliphatic carbocycles. The normalized spacial score (nSPS) is 16.1. The van der Waals surface area contributed by atoms with Crippen LogP contribution in [0.4, 0.5) is 0 Å². The van der Waals surface area contributed by atoms with Crippen LogP contribution in [0.25, 0.3) is 66.1 Å². The minimum atomic E-state index is -1.21. The van der Waals surface area contributed by atoms with Crippen molar-refractivity contribution < 1.29 is 14.3 Å². The van der Waals surface area contributed by atoms with Gasteiger partial charge in [-0.15, -0.1) is 0 Å². The first-order valence-corrected chi connectivity index (χ1v) is 27.9. The predicted molar refractivity (Wildman–Crippen MR) is 312 cm³/mol. The minimum absolute atomic E-state index is 0.0677. The van der Waals surface area contributed by atoms with E-state index in [1.54, 1.807) is 14.2 Å². The zero-order chi connectivity index (χ0) is 51.1. The standard InChI is InChI=1S/C69H69O3P/c1-42(2)59-36-48(53-28-15-17-34-63(53)71-9)37-60(43(3)4)67(59)57-32-21-33-58(68-61(44(5)6)38-49(39-62(68)45(7)8)54-29-16-18-35-64(54)72-10)69(57)73-65(55-30-19-24-46-22-11-13-26-51(46)55)40-50(70)41-66(73)56-31-20-25-47-23-12-14-27-52(47)56/h11-39,42-45,65-66H,40-41H2,1-10H3. The number of ketones is 1. The molecule has 0 spiro atoms. The number of hydrogen-bond donors (Lipinski definition) is 0. The lowest BCUT2D eigenvalue weighted by Gasteiger charge is -2.42. The van der Waals surface area contributed by atoms with Gasteiger partial charge in [-0.1, -0.05) is 227 Å². The van der Waals surface area contributed by atoms with Crippen molar-refractivity contribution in [3.05, 3.63) is 209 Å². The van der Waals surface area contributed by atoms with Crippen molar-refractivity contribution in [3.8, 4) is 56.0 Å². The summed E-state index contributed by atoms with van der Waals surface area (Å²) in [5.41, 5.74) is 17.4. The van der Waals surface area contributed by atoms with E-state index in [1.807, 2.05) is 0 Å². The van der Waals surface area contributed by atoms with E-state index >= 15 is 4.79 Å². The highest BCUT2D eigenvalue weighted by Crippen LogP contribution is 2.69. The largest absolute Gasteiger partial charge is 0.496 e. The van der Waals surface area contributed by atoms with Crippen LogP contribution < -0.4 is 14.8 Å². The summed E-state index contributed by atoms with van der Waals surface area (Å²) in [5, 5.41) is 6.26. The zero-order valence-electron chi connectivity index (χ0n) is 44.3. The van der Waals surface area contributed by atoms with E-state index in [-0.39, 0.29) is 35.0 Å². The Bertz CT molecular complexity index is 3210. The third kappa shape index (κ3) is 9.32. The lowest BCUT2D eigenvalue weighted by atomic mass is 9.79. The SMILES string of the molecule is COc1ccccc1-c1cc(C(C)C)c(-c2cccc(-c3c(C(C)C)cc(-c4ccccc4OC)cc3C(C)C)c2P2C(c3cccc4ccccc34)CC(=O)CC2c2cccc3ccccc23)c(C(C)C)c1. The molecular formula is C69H69O3P. The van der Waals surface area contributed by atoms with Crippen molar-refractivity contribution in [1.29, 1.82) is 0 Å². The molecule has 2 unspecified atom stereocenters. The number of methoxy groups -OCH3 is 2. The van der Waals surface area contributed by atoms with E-state index < -0.39 is 7.92 Å². The molecule has 0 amide bonds. The van der Waals surface area contributed by atoms with Crippen LogP contribution in [-0.2, 0) is 4.79 Å². The average molecular weight is 977 g/mol. The second kappa shape index (κ2) is 21.0. The quantitative estimate of drug-likeness (QED) is 0.108. The van der Waals surface area contributed by atoms with E-state index in [4.69, 9.17) is 9.47 Å². The molecule has 1 fully saturated rings. The van der Waals surface area contributed by atoms with Gasteiger partial charge in [0.2, 0.25) is 0 Å². The monoisotopic (exact) mass is 976 g/mol. The smallest absolute Gasteiger partial charge is 0.134 e. The fourth-order valence-corrected chi connectivity index (χ4v) is 15.8. The summed E-state index contributed by atoms with van der Waals surface area (Å²) in [6, 6.07) is 65.1.